The van der Waals surface area contributed by atoms with Crippen molar-refractivity contribution in [2.75, 3.05) is 20.1 Å². The van der Waals surface area contributed by atoms with Crippen molar-refractivity contribution in [3.63, 3.8) is 0 Å². The summed E-state index contributed by atoms with van der Waals surface area (Å²) in [5.41, 5.74) is 0.364. The summed E-state index contributed by atoms with van der Waals surface area (Å²) in [6.07, 6.45) is 1.84. The Morgan fingerprint density at radius 2 is 2.26 bits per heavy atom. The lowest BCUT2D eigenvalue weighted by atomic mass is 10.1. The van der Waals surface area contributed by atoms with Crippen LogP contribution in [0.5, 0.6) is 0 Å². The third-order valence-corrected chi connectivity index (χ3v) is 5.25. The normalized spacial score (nSPS) is 20.9. The zero-order valence-electron chi connectivity index (χ0n) is 10.8. The Hall–Kier alpha value is -1.42. The number of rotatable bonds is 3. The number of hydrogen-bond donors (Lipinski definition) is 1. The summed E-state index contributed by atoms with van der Waals surface area (Å²) in [6, 6.07) is 8.34. The second kappa shape index (κ2) is 5.70. The van der Waals surface area contributed by atoms with E-state index in [-0.39, 0.29) is 10.9 Å². The lowest BCUT2D eigenvalue weighted by molar-refractivity contribution is 0.293. The Morgan fingerprint density at radius 3 is 2.95 bits per heavy atom. The van der Waals surface area contributed by atoms with Crippen LogP contribution < -0.4 is 5.32 Å². The summed E-state index contributed by atoms with van der Waals surface area (Å²) in [4.78, 5) is 0.198. The molecule has 6 heteroatoms. The summed E-state index contributed by atoms with van der Waals surface area (Å²) in [6.45, 7) is 1.02. The number of benzene rings is 1. The molecule has 0 unspecified atom stereocenters. The lowest BCUT2D eigenvalue weighted by Crippen LogP contribution is -2.46. The van der Waals surface area contributed by atoms with Crippen molar-refractivity contribution in [3.8, 4) is 6.07 Å². The molecule has 1 heterocycles. The van der Waals surface area contributed by atoms with E-state index in [1.807, 2.05) is 13.1 Å². The monoisotopic (exact) mass is 279 g/mol. The van der Waals surface area contributed by atoms with Crippen LogP contribution >= 0.6 is 0 Å². The van der Waals surface area contributed by atoms with Gasteiger partial charge >= 0.3 is 0 Å². The third-order valence-electron chi connectivity index (χ3n) is 3.39. The van der Waals surface area contributed by atoms with Gasteiger partial charge in [0.05, 0.1) is 16.5 Å². The third kappa shape index (κ3) is 2.95. The van der Waals surface area contributed by atoms with Crippen molar-refractivity contribution in [1.82, 2.24) is 9.62 Å². The lowest BCUT2D eigenvalue weighted by Gasteiger charge is -2.31. The molecule has 1 aromatic rings. The first kappa shape index (κ1) is 14.0. The van der Waals surface area contributed by atoms with Gasteiger partial charge in [-0.15, -0.1) is 0 Å². The predicted molar refractivity (Wildman–Crippen MR) is 72.0 cm³/mol. The van der Waals surface area contributed by atoms with E-state index in [0.29, 0.717) is 18.7 Å². The highest BCUT2D eigenvalue weighted by Gasteiger charge is 2.29. The average Bonchev–Trinajstić information content (AvgIpc) is 2.47. The van der Waals surface area contributed by atoms with Crippen molar-refractivity contribution in [1.29, 1.82) is 5.26 Å². The highest BCUT2D eigenvalue weighted by Crippen LogP contribution is 2.21. The van der Waals surface area contributed by atoms with Crippen molar-refractivity contribution in [2.24, 2.45) is 0 Å². The summed E-state index contributed by atoms with van der Waals surface area (Å²) < 4.78 is 26.5. The highest BCUT2D eigenvalue weighted by molar-refractivity contribution is 7.89. The number of piperidine rings is 1. The Labute approximate surface area is 113 Å². The minimum absolute atomic E-state index is 0.197. The zero-order chi connectivity index (χ0) is 13.9. The largest absolute Gasteiger partial charge is 0.316 e. The van der Waals surface area contributed by atoms with Crippen LogP contribution in [0.15, 0.2) is 29.2 Å². The first-order valence-corrected chi connectivity index (χ1v) is 7.69. The van der Waals surface area contributed by atoms with Crippen molar-refractivity contribution in [2.45, 2.75) is 23.8 Å². The van der Waals surface area contributed by atoms with Gasteiger partial charge in [-0.3, -0.25) is 0 Å². The fourth-order valence-corrected chi connectivity index (χ4v) is 3.84. The summed E-state index contributed by atoms with van der Waals surface area (Å²) in [5, 5.41) is 12.0. The standard InChI is InChI=1S/C13H17N3O2S/c1-15-12-5-3-7-16(10-12)19(17,18)13-6-2-4-11(8-13)9-14/h2,4,6,8,12,15H,3,5,7,10H2,1H3/t12-/m0/s1. The van der Waals surface area contributed by atoms with E-state index in [1.54, 1.807) is 18.2 Å². The molecule has 1 aromatic carbocycles. The van der Waals surface area contributed by atoms with Crippen molar-refractivity contribution >= 4 is 10.0 Å². The molecular formula is C13H17N3O2S. The van der Waals surface area contributed by atoms with Gasteiger partial charge in [-0.25, -0.2) is 8.42 Å². The van der Waals surface area contributed by atoms with Crippen molar-refractivity contribution < 1.29 is 8.42 Å². The Bertz CT molecular complexity index is 592. The van der Waals surface area contributed by atoms with Gasteiger partial charge in [0.2, 0.25) is 10.0 Å². The van der Waals surface area contributed by atoms with Crippen LogP contribution in [0.2, 0.25) is 0 Å². The number of hydrogen-bond acceptors (Lipinski definition) is 4. The van der Waals surface area contributed by atoms with Gasteiger partial charge in [0.15, 0.2) is 0 Å². The van der Waals surface area contributed by atoms with Gasteiger partial charge in [0.1, 0.15) is 0 Å². The fraction of sp³-hybridized carbons (Fsp3) is 0.462. The van der Waals surface area contributed by atoms with Gasteiger partial charge in [0.25, 0.3) is 0 Å². The van der Waals surface area contributed by atoms with Gasteiger partial charge in [-0.1, -0.05) is 6.07 Å². The number of sulfonamides is 1. The van der Waals surface area contributed by atoms with E-state index >= 15 is 0 Å². The first-order chi connectivity index (χ1) is 9.07. The maximum atomic E-state index is 12.5. The Morgan fingerprint density at radius 1 is 1.47 bits per heavy atom. The second-order valence-electron chi connectivity index (χ2n) is 4.63. The van der Waals surface area contributed by atoms with Crippen LogP contribution in [0.1, 0.15) is 18.4 Å². The molecule has 1 fully saturated rings. The number of nitrogens with zero attached hydrogens (tertiary/aromatic N) is 2. The maximum absolute atomic E-state index is 12.5. The van der Waals surface area contributed by atoms with Gasteiger partial charge in [-0.05, 0) is 38.1 Å². The topological polar surface area (TPSA) is 73.2 Å². The van der Waals surface area contributed by atoms with E-state index in [9.17, 15) is 8.42 Å². The summed E-state index contributed by atoms with van der Waals surface area (Å²) in [7, 11) is -1.65. The minimum Gasteiger partial charge on any atom is -0.316 e. The van der Waals surface area contributed by atoms with Crippen molar-refractivity contribution in [3.05, 3.63) is 29.8 Å². The molecule has 0 bridgehead atoms. The van der Waals surface area contributed by atoms with Crippen LogP contribution in [0.25, 0.3) is 0 Å². The molecule has 0 aliphatic carbocycles. The molecular weight excluding hydrogens is 262 g/mol. The molecule has 0 spiro atoms. The summed E-state index contributed by atoms with van der Waals surface area (Å²) >= 11 is 0. The van der Waals surface area contributed by atoms with Crippen LogP contribution in [0, 0.1) is 11.3 Å². The fourth-order valence-electron chi connectivity index (χ4n) is 2.27. The Balaban J connectivity index is 2.29. The smallest absolute Gasteiger partial charge is 0.243 e. The van der Waals surface area contributed by atoms with Gasteiger partial charge in [-0.2, -0.15) is 9.57 Å². The molecule has 19 heavy (non-hydrogen) atoms. The molecule has 1 aliphatic heterocycles. The maximum Gasteiger partial charge on any atom is 0.243 e. The van der Waals surface area contributed by atoms with Gasteiger partial charge < -0.3 is 5.32 Å². The molecule has 2 rings (SSSR count). The zero-order valence-corrected chi connectivity index (χ0v) is 11.7. The Kier molecular flexibility index (Phi) is 4.20. The molecule has 0 aromatic heterocycles. The molecule has 0 saturated carbocycles. The number of likely N-dealkylation sites (N-methyl/N-ethyl adjacent to an activating group) is 1. The molecule has 102 valence electrons. The minimum atomic E-state index is -3.50. The van der Waals surface area contributed by atoms with Crippen LogP contribution in [-0.2, 0) is 10.0 Å². The SMILES string of the molecule is CN[C@H]1CCCN(S(=O)(=O)c2cccc(C#N)c2)C1. The quantitative estimate of drug-likeness (QED) is 0.893. The molecule has 1 N–H and O–H groups in total. The molecule has 1 saturated heterocycles. The van der Waals surface area contributed by atoms with E-state index in [4.69, 9.17) is 5.26 Å². The summed E-state index contributed by atoms with van der Waals surface area (Å²) in [5.74, 6) is 0. The molecule has 1 atom stereocenters. The first-order valence-electron chi connectivity index (χ1n) is 6.25. The molecule has 5 nitrogen and oxygen atoms in total. The second-order valence-corrected chi connectivity index (χ2v) is 6.57. The van der Waals surface area contributed by atoms with E-state index in [1.165, 1.54) is 10.4 Å². The molecule has 0 radical (unpaired) electrons. The molecule has 0 amide bonds. The highest BCUT2D eigenvalue weighted by atomic mass is 32.2. The van der Waals surface area contributed by atoms with E-state index in [0.717, 1.165) is 12.8 Å². The number of nitrogens with one attached hydrogen (secondary N) is 1. The number of nitriles is 1. The van der Waals surface area contributed by atoms with Crippen LogP contribution in [-0.4, -0.2) is 38.9 Å². The van der Waals surface area contributed by atoms with Crippen LogP contribution in [0.4, 0.5) is 0 Å². The predicted octanol–water partition coefficient (Wildman–Crippen LogP) is 0.931. The van der Waals surface area contributed by atoms with E-state index in [2.05, 4.69) is 5.32 Å². The van der Waals surface area contributed by atoms with Gasteiger partial charge in [0, 0.05) is 19.1 Å². The molecule has 1 aliphatic rings. The van der Waals surface area contributed by atoms with E-state index < -0.39 is 10.0 Å². The van der Waals surface area contributed by atoms with Crippen LogP contribution in [0.3, 0.4) is 0 Å². The average molecular weight is 279 g/mol.